The Hall–Kier alpha value is -5.91. The van der Waals surface area contributed by atoms with E-state index in [1.54, 1.807) is 5.56 Å². The lowest BCUT2D eigenvalue weighted by atomic mass is 9.48. The van der Waals surface area contributed by atoms with Gasteiger partial charge >= 0.3 is 0 Å². The van der Waals surface area contributed by atoms with Gasteiger partial charge < -0.3 is 4.74 Å². The Morgan fingerprint density at radius 3 is 1.48 bits per heavy atom. The molecule has 3 spiro atoms. The van der Waals surface area contributed by atoms with Crippen LogP contribution in [-0.4, -0.2) is 19.5 Å². The molecule has 9 aliphatic rings. The van der Waals surface area contributed by atoms with E-state index >= 15 is 0 Å². The summed E-state index contributed by atoms with van der Waals surface area (Å²) in [7, 11) is 0. The topological polar surface area (TPSA) is 52.8 Å². The number of nitrogens with zero attached hydrogens (tertiary/aromatic N) is 4. The second-order valence-corrected chi connectivity index (χ2v) is 22.4. The molecule has 8 aliphatic carbocycles. The third-order valence-electron chi connectivity index (χ3n) is 20.0. The molecule has 1 aliphatic heterocycles. The molecule has 65 heavy (non-hydrogen) atoms. The minimum atomic E-state index is -0.207. The van der Waals surface area contributed by atoms with Crippen molar-refractivity contribution < 1.29 is 4.74 Å². The summed E-state index contributed by atoms with van der Waals surface area (Å²) in [5.74, 6) is 8.18. The molecule has 0 radical (unpaired) electrons. The summed E-state index contributed by atoms with van der Waals surface area (Å²) in [6, 6.07) is 49.5. The normalized spacial score (nSPS) is 34.3. The predicted octanol–water partition coefficient (Wildman–Crippen LogP) is 14.1. The van der Waals surface area contributed by atoms with Crippen molar-refractivity contribution in [2.24, 2.45) is 52.8 Å². The fraction of sp³-hybridized carbons (Fsp3) is 0.350. The molecular weight excluding hydrogens is 793 g/mol. The molecule has 7 bridgehead atoms. The maximum atomic E-state index is 8.36. The fourth-order valence-corrected chi connectivity index (χ4v) is 17.9. The highest BCUT2D eigenvalue weighted by molar-refractivity contribution is 6.25. The van der Waals surface area contributed by atoms with Gasteiger partial charge in [-0.1, -0.05) is 109 Å². The molecule has 18 rings (SSSR count). The first kappa shape index (κ1) is 35.4. The fourth-order valence-electron chi connectivity index (χ4n) is 17.9. The molecule has 0 amide bonds. The van der Waals surface area contributed by atoms with Gasteiger partial charge in [0.1, 0.15) is 11.2 Å². The highest BCUT2D eigenvalue weighted by Gasteiger charge is 2.78. The first-order chi connectivity index (χ1) is 32.1. The maximum absolute atomic E-state index is 8.36. The number of benzene rings is 7. The predicted molar refractivity (Wildman–Crippen MR) is 259 cm³/mol. The lowest BCUT2D eigenvalue weighted by molar-refractivity contribution is -0.281. The highest BCUT2D eigenvalue weighted by Crippen LogP contribution is 2.82. The van der Waals surface area contributed by atoms with E-state index in [0.29, 0.717) is 40.9 Å². The van der Waals surface area contributed by atoms with Crippen molar-refractivity contribution in [1.82, 2.24) is 19.5 Å². The minimum Gasteiger partial charge on any atom is -0.358 e. The second kappa shape index (κ2) is 11.9. The van der Waals surface area contributed by atoms with Gasteiger partial charge in [-0.05, 0) is 185 Å². The molecule has 8 fully saturated rings. The standard InChI is InChI=1S/C60H50N4O/c1-2-11-45-43(9-1)44-10-3-4-12-46(44)50-26-35(17-19-47(45)50)55-61-56(63-57(62-55)64-53-15-7-5-13-48(53)49-14-6-8-16-54(49)64)36-18-20-51-52(27-36)60(41-29-37-28-38-30-42(60)32-58(37,38)31-41)65-59(51)39-22-33-21-34(24-39)25-40(59)23-33/h1-20,26-27,33-34,37-42H,21-25,28-32H2. The molecule has 9 aromatic rings. The first-order valence-electron chi connectivity index (χ1n) is 25.0. The van der Waals surface area contributed by atoms with Crippen LogP contribution < -0.4 is 0 Å². The van der Waals surface area contributed by atoms with Gasteiger partial charge in [-0.25, -0.2) is 4.98 Å². The van der Waals surface area contributed by atoms with Crippen molar-refractivity contribution in [2.75, 3.05) is 0 Å². The zero-order valence-electron chi connectivity index (χ0n) is 36.6. The lowest BCUT2D eigenvalue weighted by Crippen LogP contribution is -2.57. The Morgan fingerprint density at radius 1 is 0.400 bits per heavy atom. The first-order valence-corrected chi connectivity index (χ1v) is 25.0. The number of ether oxygens (including phenoxy) is 1. The van der Waals surface area contributed by atoms with Crippen molar-refractivity contribution in [3.05, 3.63) is 145 Å². The molecular formula is C60H50N4O. The van der Waals surface area contributed by atoms with Gasteiger partial charge in [0.2, 0.25) is 5.95 Å². The number of hydrogen-bond donors (Lipinski definition) is 0. The number of hydrogen-bond acceptors (Lipinski definition) is 4. The van der Waals surface area contributed by atoms with E-state index < -0.39 is 0 Å². The molecule has 4 atom stereocenters. The molecule has 5 nitrogen and oxygen atoms in total. The van der Waals surface area contributed by atoms with E-state index in [0.717, 1.165) is 51.7 Å². The van der Waals surface area contributed by atoms with Crippen LogP contribution in [0.3, 0.4) is 0 Å². The second-order valence-electron chi connectivity index (χ2n) is 22.4. The zero-order valence-corrected chi connectivity index (χ0v) is 36.6. The Labute approximate surface area is 378 Å². The quantitative estimate of drug-likeness (QED) is 0.166. The van der Waals surface area contributed by atoms with Crippen LogP contribution >= 0.6 is 0 Å². The highest BCUT2D eigenvalue weighted by atomic mass is 16.5. The van der Waals surface area contributed by atoms with Crippen molar-refractivity contribution in [1.29, 1.82) is 0 Å². The summed E-state index contributed by atoms with van der Waals surface area (Å²) < 4.78 is 10.6. The maximum Gasteiger partial charge on any atom is 0.238 e. The Balaban J connectivity index is 0.913. The van der Waals surface area contributed by atoms with Crippen LogP contribution in [-0.2, 0) is 15.9 Å². The molecule has 5 heteroatoms. The minimum absolute atomic E-state index is 0.146. The van der Waals surface area contributed by atoms with Crippen LogP contribution in [0.25, 0.3) is 82.8 Å². The molecule has 4 unspecified atom stereocenters. The summed E-state index contributed by atoms with van der Waals surface area (Å²) >= 11 is 0. The summed E-state index contributed by atoms with van der Waals surface area (Å²) in [5, 5.41) is 9.93. The average molecular weight is 843 g/mol. The van der Waals surface area contributed by atoms with Gasteiger partial charge in [0.15, 0.2) is 11.6 Å². The molecule has 8 saturated carbocycles. The molecule has 0 N–H and O–H groups in total. The van der Waals surface area contributed by atoms with E-state index in [1.807, 2.05) is 0 Å². The number of fused-ring (bicyclic) bond motifs is 15. The van der Waals surface area contributed by atoms with Crippen molar-refractivity contribution in [2.45, 2.75) is 75.4 Å². The summed E-state index contributed by atoms with van der Waals surface area (Å²) in [6.45, 7) is 0. The van der Waals surface area contributed by atoms with Crippen molar-refractivity contribution in [3.8, 4) is 28.7 Å². The smallest absolute Gasteiger partial charge is 0.238 e. The lowest BCUT2D eigenvalue weighted by Gasteiger charge is -2.61. The van der Waals surface area contributed by atoms with E-state index in [2.05, 4.69) is 138 Å². The van der Waals surface area contributed by atoms with Gasteiger partial charge in [-0.15, -0.1) is 0 Å². The molecule has 7 aromatic carbocycles. The van der Waals surface area contributed by atoms with Gasteiger partial charge in [-0.3, -0.25) is 4.57 Å². The zero-order chi connectivity index (χ0) is 42.0. The van der Waals surface area contributed by atoms with Gasteiger partial charge in [-0.2, -0.15) is 9.97 Å². The van der Waals surface area contributed by atoms with E-state index in [1.165, 1.54) is 113 Å². The number of aromatic nitrogens is 4. The van der Waals surface area contributed by atoms with Crippen molar-refractivity contribution in [3.63, 3.8) is 0 Å². The van der Waals surface area contributed by atoms with Crippen LogP contribution in [0.5, 0.6) is 0 Å². The van der Waals surface area contributed by atoms with E-state index in [-0.39, 0.29) is 11.2 Å². The van der Waals surface area contributed by atoms with Crippen LogP contribution in [0, 0.1) is 52.8 Å². The third kappa shape index (κ3) is 4.22. The number of rotatable bonds is 3. The van der Waals surface area contributed by atoms with Crippen LogP contribution in [0.15, 0.2) is 133 Å². The van der Waals surface area contributed by atoms with E-state index in [9.17, 15) is 0 Å². The number of para-hydroxylation sites is 2. The third-order valence-corrected chi connectivity index (χ3v) is 20.0. The van der Waals surface area contributed by atoms with Crippen LogP contribution in [0.1, 0.15) is 75.3 Å². The summed E-state index contributed by atoms with van der Waals surface area (Å²) in [4.78, 5) is 16.6. The Morgan fingerprint density at radius 2 is 0.877 bits per heavy atom. The largest absolute Gasteiger partial charge is 0.358 e. The van der Waals surface area contributed by atoms with E-state index in [4.69, 9.17) is 19.7 Å². The van der Waals surface area contributed by atoms with Gasteiger partial charge in [0.05, 0.1) is 11.0 Å². The van der Waals surface area contributed by atoms with Crippen molar-refractivity contribution >= 4 is 54.1 Å². The summed E-state index contributed by atoms with van der Waals surface area (Å²) in [5.41, 5.74) is 7.63. The molecule has 316 valence electrons. The Kier molecular flexibility index (Phi) is 6.48. The van der Waals surface area contributed by atoms with Gasteiger partial charge in [0.25, 0.3) is 0 Å². The summed E-state index contributed by atoms with van der Waals surface area (Å²) in [6.07, 6.45) is 13.8. The molecule has 0 saturated heterocycles. The molecule has 2 aromatic heterocycles. The Bertz CT molecular complexity index is 3460. The van der Waals surface area contributed by atoms with Gasteiger partial charge in [0, 0.05) is 21.9 Å². The average Bonchev–Trinajstić information content (AvgIpc) is 4.01. The molecule has 3 heterocycles. The SMILES string of the molecule is c1ccc2c(c1)c1ccccc1c1cc(-c3nc(-c4ccc5c(c4)C4(OC56C5CC7CC(C5)CC6C7)C5CC6CC7CC4CC67C5)nc(-n4c5ccccc5c5ccccc54)n3)ccc21. The monoisotopic (exact) mass is 842 g/mol. The van der Waals surface area contributed by atoms with Crippen LogP contribution in [0.2, 0.25) is 0 Å². The van der Waals surface area contributed by atoms with Crippen LogP contribution in [0.4, 0.5) is 0 Å².